The van der Waals surface area contributed by atoms with Crippen LogP contribution >= 0.6 is 0 Å². The van der Waals surface area contributed by atoms with Gasteiger partial charge in [-0.2, -0.15) is 0 Å². The lowest BCUT2D eigenvalue weighted by Gasteiger charge is -2.16. The summed E-state index contributed by atoms with van der Waals surface area (Å²) in [7, 11) is 0. The number of rotatable bonds is 5. The highest BCUT2D eigenvalue weighted by Crippen LogP contribution is 2.33. The van der Waals surface area contributed by atoms with Gasteiger partial charge < -0.3 is 16.5 Å². The second-order valence-electron chi connectivity index (χ2n) is 8.89. The van der Waals surface area contributed by atoms with Crippen molar-refractivity contribution in [1.82, 2.24) is 0 Å². The summed E-state index contributed by atoms with van der Waals surface area (Å²) in [6, 6.07) is 33.0. The minimum atomic E-state index is -0.405. The Morgan fingerprint density at radius 3 is 2.30 bits per heavy atom. The van der Waals surface area contributed by atoms with Crippen molar-refractivity contribution >= 4 is 27.9 Å². The molecule has 0 aliphatic heterocycles. The predicted molar refractivity (Wildman–Crippen MR) is 152 cm³/mol. The van der Waals surface area contributed by atoms with Gasteiger partial charge in [0.2, 0.25) is 0 Å². The first kappa shape index (κ1) is 24.0. The number of hydrogen-bond donors (Lipinski definition) is 3. The van der Waals surface area contributed by atoms with Crippen LogP contribution < -0.4 is 11.1 Å². The molecule has 4 N–H and O–H groups in total. The van der Waals surface area contributed by atoms with Gasteiger partial charge in [-0.15, -0.1) is 0 Å². The van der Waals surface area contributed by atoms with E-state index in [-0.39, 0.29) is 11.4 Å². The summed E-state index contributed by atoms with van der Waals surface area (Å²) in [6.07, 6.45) is 0. The molecule has 5 aromatic rings. The molecular formula is C33H26FN3. The normalized spacial score (nSPS) is 10.6. The standard InChI is InChI=1S/C33H26FN3/c1-22(36)30-17-18-31(32(34)33(30)37-29-8-4-5-25(20-29)21-35)27-15-11-23(12-16-27)9-10-24-13-14-26-6-2-3-7-28(26)19-24/h2-8,11-20,36-37H,21,35H2,1H3. The number of fused-ring (bicyclic) bond motifs is 1. The Morgan fingerprint density at radius 2 is 1.54 bits per heavy atom. The molecule has 0 aliphatic rings. The molecule has 0 aliphatic carbocycles. The third-order valence-electron chi connectivity index (χ3n) is 6.27. The van der Waals surface area contributed by atoms with E-state index in [2.05, 4.69) is 41.4 Å². The zero-order valence-electron chi connectivity index (χ0n) is 20.5. The zero-order chi connectivity index (χ0) is 25.8. The Kier molecular flexibility index (Phi) is 6.81. The largest absolute Gasteiger partial charge is 0.353 e. The van der Waals surface area contributed by atoms with E-state index in [1.165, 1.54) is 5.39 Å². The summed E-state index contributed by atoms with van der Waals surface area (Å²) in [4.78, 5) is 0. The maximum Gasteiger partial charge on any atom is 0.155 e. The molecule has 4 heteroatoms. The van der Waals surface area contributed by atoms with Crippen LogP contribution in [0.2, 0.25) is 0 Å². The highest BCUT2D eigenvalue weighted by molar-refractivity contribution is 6.03. The molecule has 5 rings (SSSR count). The second-order valence-corrected chi connectivity index (χ2v) is 8.89. The molecule has 0 atom stereocenters. The lowest BCUT2D eigenvalue weighted by Crippen LogP contribution is -2.05. The Morgan fingerprint density at radius 1 is 0.811 bits per heavy atom. The minimum absolute atomic E-state index is 0.277. The highest BCUT2D eigenvalue weighted by atomic mass is 19.1. The molecule has 0 saturated heterocycles. The third kappa shape index (κ3) is 5.28. The average Bonchev–Trinajstić information content (AvgIpc) is 2.93. The van der Waals surface area contributed by atoms with Crippen molar-refractivity contribution in [3.8, 4) is 23.0 Å². The molecule has 0 heterocycles. The summed E-state index contributed by atoms with van der Waals surface area (Å²) in [5.41, 5.74) is 11.5. The molecule has 0 spiro atoms. The summed E-state index contributed by atoms with van der Waals surface area (Å²) in [5, 5.41) is 13.7. The first-order chi connectivity index (χ1) is 18.0. The average molecular weight is 484 g/mol. The number of nitrogens with two attached hydrogens (primary N) is 1. The molecule has 0 bridgehead atoms. The first-order valence-electron chi connectivity index (χ1n) is 12.1. The van der Waals surface area contributed by atoms with E-state index in [1.54, 1.807) is 19.1 Å². The van der Waals surface area contributed by atoms with Gasteiger partial charge in [0.15, 0.2) is 5.82 Å². The van der Waals surface area contributed by atoms with Gasteiger partial charge in [-0.25, -0.2) is 4.39 Å². The van der Waals surface area contributed by atoms with Crippen LogP contribution in [0.5, 0.6) is 0 Å². The zero-order valence-corrected chi connectivity index (χ0v) is 20.5. The second kappa shape index (κ2) is 10.5. The smallest absolute Gasteiger partial charge is 0.155 e. The summed E-state index contributed by atoms with van der Waals surface area (Å²) < 4.78 is 15.8. The maximum absolute atomic E-state index is 15.8. The summed E-state index contributed by atoms with van der Waals surface area (Å²) in [6.45, 7) is 2.05. The van der Waals surface area contributed by atoms with Crippen LogP contribution in [0.15, 0.2) is 103 Å². The Labute approximate surface area is 216 Å². The van der Waals surface area contributed by atoms with Crippen LogP contribution in [-0.4, -0.2) is 5.71 Å². The van der Waals surface area contributed by atoms with Crippen LogP contribution in [0.25, 0.3) is 21.9 Å². The third-order valence-corrected chi connectivity index (χ3v) is 6.27. The van der Waals surface area contributed by atoms with E-state index in [9.17, 15) is 0 Å². The van der Waals surface area contributed by atoms with Crippen molar-refractivity contribution < 1.29 is 4.39 Å². The van der Waals surface area contributed by atoms with Crippen LogP contribution in [0.1, 0.15) is 29.2 Å². The van der Waals surface area contributed by atoms with Gasteiger partial charge in [0.1, 0.15) is 0 Å². The van der Waals surface area contributed by atoms with E-state index >= 15 is 4.39 Å². The van der Waals surface area contributed by atoms with E-state index in [4.69, 9.17) is 11.1 Å². The Balaban J connectivity index is 1.44. The Hall–Kier alpha value is -4.72. The first-order valence-corrected chi connectivity index (χ1v) is 12.1. The van der Waals surface area contributed by atoms with E-state index in [0.717, 1.165) is 33.3 Å². The van der Waals surface area contributed by atoms with Gasteiger partial charge in [0, 0.05) is 40.2 Å². The topological polar surface area (TPSA) is 61.9 Å². The lowest BCUT2D eigenvalue weighted by atomic mass is 9.98. The maximum atomic E-state index is 15.8. The fraction of sp³-hybridized carbons (Fsp3) is 0.0606. The van der Waals surface area contributed by atoms with Crippen LogP contribution in [-0.2, 0) is 6.54 Å². The van der Waals surface area contributed by atoms with Crippen molar-refractivity contribution in [1.29, 1.82) is 5.41 Å². The van der Waals surface area contributed by atoms with Gasteiger partial charge in [0.05, 0.1) is 5.69 Å². The quantitative estimate of drug-likeness (QED) is 0.178. The van der Waals surface area contributed by atoms with Gasteiger partial charge in [-0.1, -0.05) is 78.6 Å². The van der Waals surface area contributed by atoms with Gasteiger partial charge in [-0.05, 0) is 65.2 Å². The highest BCUT2D eigenvalue weighted by Gasteiger charge is 2.16. The fourth-order valence-electron chi connectivity index (χ4n) is 4.30. The minimum Gasteiger partial charge on any atom is -0.353 e. The molecule has 0 fully saturated rings. The number of halogens is 1. The molecule has 0 radical (unpaired) electrons. The molecular weight excluding hydrogens is 457 g/mol. The lowest BCUT2D eigenvalue weighted by molar-refractivity contribution is 0.635. The SMILES string of the molecule is CC(=N)c1ccc(-c2ccc(C#Cc3ccc4ccccc4c3)cc2)c(F)c1Nc1cccc(CN)c1. The molecule has 3 nitrogen and oxygen atoms in total. The van der Waals surface area contributed by atoms with Gasteiger partial charge in [-0.3, -0.25) is 0 Å². The number of nitrogens with one attached hydrogen (secondary N) is 2. The molecule has 0 aromatic heterocycles. The van der Waals surface area contributed by atoms with E-state index in [0.29, 0.717) is 17.7 Å². The molecule has 37 heavy (non-hydrogen) atoms. The number of anilines is 2. The molecule has 0 amide bonds. The van der Waals surface area contributed by atoms with Crippen molar-refractivity contribution in [3.05, 3.63) is 131 Å². The number of hydrogen-bond acceptors (Lipinski definition) is 3. The van der Waals surface area contributed by atoms with Crippen molar-refractivity contribution in [2.45, 2.75) is 13.5 Å². The van der Waals surface area contributed by atoms with Crippen molar-refractivity contribution in [2.24, 2.45) is 5.73 Å². The Bertz CT molecular complexity index is 1670. The van der Waals surface area contributed by atoms with Crippen LogP contribution in [0.3, 0.4) is 0 Å². The van der Waals surface area contributed by atoms with Crippen LogP contribution in [0, 0.1) is 23.1 Å². The molecule has 0 unspecified atom stereocenters. The fourth-order valence-corrected chi connectivity index (χ4v) is 4.30. The van der Waals surface area contributed by atoms with Crippen molar-refractivity contribution in [2.75, 3.05) is 5.32 Å². The molecule has 5 aromatic carbocycles. The number of benzene rings is 5. The van der Waals surface area contributed by atoms with Crippen molar-refractivity contribution in [3.63, 3.8) is 0 Å². The summed E-state index contributed by atoms with van der Waals surface area (Å²) >= 11 is 0. The van der Waals surface area contributed by atoms with E-state index in [1.807, 2.05) is 66.7 Å². The monoisotopic (exact) mass is 483 g/mol. The molecule has 0 saturated carbocycles. The van der Waals surface area contributed by atoms with E-state index < -0.39 is 5.82 Å². The predicted octanol–water partition coefficient (Wildman–Crippen LogP) is 7.64. The summed E-state index contributed by atoms with van der Waals surface area (Å²) in [5.74, 6) is 6.02. The molecule has 180 valence electrons. The van der Waals surface area contributed by atoms with Gasteiger partial charge >= 0.3 is 0 Å². The van der Waals surface area contributed by atoms with Gasteiger partial charge in [0.25, 0.3) is 0 Å². The van der Waals surface area contributed by atoms with Crippen LogP contribution in [0.4, 0.5) is 15.8 Å².